The van der Waals surface area contributed by atoms with Gasteiger partial charge in [0.1, 0.15) is 5.10 Å². The van der Waals surface area contributed by atoms with Gasteiger partial charge in [0.25, 0.3) is 0 Å². The van der Waals surface area contributed by atoms with Crippen LogP contribution in [0.15, 0.2) is 73.2 Å². The van der Waals surface area contributed by atoms with Crippen LogP contribution < -0.4 is 5.10 Å². The van der Waals surface area contributed by atoms with Crippen molar-refractivity contribution in [1.29, 1.82) is 0 Å². The van der Waals surface area contributed by atoms with Crippen molar-refractivity contribution in [3.05, 3.63) is 129 Å². The van der Waals surface area contributed by atoms with Gasteiger partial charge in [0.2, 0.25) is 0 Å². The average Bonchev–Trinajstić information content (AvgIpc) is 3.66. The fourth-order valence-corrected chi connectivity index (χ4v) is 7.16. The summed E-state index contributed by atoms with van der Waals surface area (Å²) in [6, 6.07) is 17.6. The van der Waals surface area contributed by atoms with E-state index in [1.165, 1.54) is 66.8 Å². The number of aryl methyl sites for hydroxylation is 9. The number of nitrogens with zero attached hydrogens (tertiary/aromatic N) is 6. The Morgan fingerprint density at radius 3 is 1.30 bits per heavy atom. The Labute approximate surface area is 255 Å². The summed E-state index contributed by atoms with van der Waals surface area (Å²) in [6.45, 7) is 19.4. The molecule has 5 aromatic rings. The van der Waals surface area contributed by atoms with Crippen molar-refractivity contribution in [1.82, 2.24) is 29.4 Å². The van der Waals surface area contributed by atoms with Crippen LogP contribution in [0.5, 0.6) is 0 Å². The van der Waals surface area contributed by atoms with Gasteiger partial charge in [-0.2, -0.15) is 0 Å². The minimum atomic E-state index is -1.57. The van der Waals surface area contributed by atoms with Gasteiger partial charge in [0.05, 0.1) is 17.0 Å². The lowest BCUT2D eigenvalue weighted by Gasteiger charge is -2.26. The zero-order valence-electron chi connectivity index (χ0n) is 26.8. The van der Waals surface area contributed by atoms with Gasteiger partial charge in [-0.25, -0.2) is 15.1 Å². The van der Waals surface area contributed by atoms with E-state index in [2.05, 4.69) is 136 Å². The molecule has 0 fully saturated rings. The van der Waals surface area contributed by atoms with Crippen LogP contribution in [0.25, 0.3) is 22.5 Å². The van der Waals surface area contributed by atoms with E-state index < -0.39 is 7.12 Å². The van der Waals surface area contributed by atoms with E-state index in [0.717, 1.165) is 17.1 Å². The van der Waals surface area contributed by atoms with Gasteiger partial charge in [-0.3, -0.25) is 0 Å². The average molecular weight is 568 g/mol. The van der Waals surface area contributed by atoms with Gasteiger partial charge in [0, 0.05) is 23.4 Å². The highest BCUT2D eigenvalue weighted by atomic mass is 15.5. The van der Waals surface area contributed by atoms with E-state index in [1.807, 2.05) is 14.1 Å². The molecule has 0 aliphatic carbocycles. The summed E-state index contributed by atoms with van der Waals surface area (Å²) in [5.41, 5.74) is 17.6. The Balaban J connectivity index is 1.46. The third kappa shape index (κ3) is 5.24. The molecular weight excluding hydrogens is 527 g/mol. The molecule has 0 saturated heterocycles. The summed E-state index contributed by atoms with van der Waals surface area (Å²) in [7, 11) is -1.57. The van der Waals surface area contributed by atoms with E-state index in [-0.39, 0.29) is 0 Å². The molecule has 217 valence electrons. The molecule has 1 aliphatic rings. The van der Waals surface area contributed by atoms with Crippen LogP contribution in [0.1, 0.15) is 55.6 Å². The highest BCUT2D eigenvalue weighted by Crippen LogP contribution is 2.29. The van der Waals surface area contributed by atoms with Crippen molar-refractivity contribution in [2.45, 2.75) is 62.3 Å². The van der Waals surface area contributed by atoms with Gasteiger partial charge in [0.15, 0.2) is 0 Å². The molecule has 43 heavy (non-hydrogen) atoms. The predicted molar refractivity (Wildman–Crippen MR) is 180 cm³/mol. The Morgan fingerprint density at radius 1 is 0.535 bits per heavy atom. The van der Waals surface area contributed by atoms with Gasteiger partial charge < -0.3 is 9.19 Å². The second-order valence-electron chi connectivity index (χ2n) is 12.5. The highest BCUT2D eigenvalue weighted by Gasteiger charge is 2.32. The molecule has 0 bridgehead atoms. The first kappa shape index (κ1) is 28.5. The smallest absolute Gasteiger partial charge is 0.374 e. The fourth-order valence-electron chi connectivity index (χ4n) is 7.16. The van der Waals surface area contributed by atoms with E-state index in [0.29, 0.717) is 0 Å². The van der Waals surface area contributed by atoms with Crippen molar-refractivity contribution < 1.29 is 0 Å². The normalized spacial score (nSPS) is 13.0. The van der Waals surface area contributed by atoms with Crippen LogP contribution in [0.4, 0.5) is 0 Å². The molecule has 0 unspecified atom stereocenters. The van der Waals surface area contributed by atoms with Crippen LogP contribution >= 0.6 is 0 Å². The van der Waals surface area contributed by atoms with Crippen LogP contribution in [0.3, 0.4) is 0 Å². The Morgan fingerprint density at radius 2 is 0.907 bits per heavy atom. The molecule has 3 heterocycles. The number of hydrazone groups is 1. The molecular formula is C36H40BN6. The summed E-state index contributed by atoms with van der Waals surface area (Å²) in [5.74, 6) is 0. The van der Waals surface area contributed by atoms with Gasteiger partial charge >= 0.3 is 12.8 Å². The number of hydrogen-bond donors (Lipinski definition) is 0. The van der Waals surface area contributed by atoms with Crippen molar-refractivity contribution in [3.8, 4) is 22.5 Å². The minimum absolute atomic E-state index is 0.961. The molecule has 1 aliphatic heterocycles. The van der Waals surface area contributed by atoms with Gasteiger partial charge in [-0.15, -0.1) is 0 Å². The minimum Gasteiger partial charge on any atom is -0.400 e. The van der Waals surface area contributed by atoms with Crippen molar-refractivity contribution in [3.63, 3.8) is 0 Å². The Hall–Kier alpha value is -4.65. The number of allylic oxidation sites excluding steroid dienone is 1. The molecule has 6 nitrogen and oxygen atoms in total. The summed E-state index contributed by atoms with van der Waals surface area (Å²) < 4.78 is 4.09. The maximum atomic E-state index is 5.17. The standard InChI is InChI=1S/C36H40BN6/c1-22-16-25(4)34(26(5)17-22)31-10-13-41(38-31)37(42-14-11-32(39-42)35-27(6)18-23(2)19-28(35)7)43-15-12-33(40-43)36-29(8)20-24(3)21-30(36)9/h10-21,37H,1-9H3. The summed E-state index contributed by atoms with van der Waals surface area (Å²) in [5, 5.41) is 15.5. The lowest BCUT2D eigenvalue weighted by molar-refractivity contribution is 0.519. The largest absolute Gasteiger partial charge is 0.400 e. The molecule has 0 atom stereocenters. The molecule has 0 saturated carbocycles. The molecule has 1 radical (unpaired) electrons. The molecule has 0 N–H and O–H groups in total. The monoisotopic (exact) mass is 567 g/mol. The molecule has 7 heteroatoms. The van der Waals surface area contributed by atoms with Crippen molar-refractivity contribution >= 4 is 12.8 Å². The highest BCUT2D eigenvalue weighted by molar-refractivity contribution is 6.52. The lowest BCUT2D eigenvalue weighted by atomic mass is 9.94. The van der Waals surface area contributed by atoms with Gasteiger partial charge in [-0.05, 0) is 120 Å². The van der Waals surface area contributed by atoms with Crippen LogP contribution in [0, 0.1) is 62.3 Å². The number of rotatable bonds is 6. The molecule has 6 rings (SSSR count). The van der Waals surface area contributed by atoms with Crippen molar-refractivity contribution in [2.75, 3.05) is 0 Å². The van der Waals surface area contributed by atoms with Crippen LogP contribution in [-0.2, 0) is 0 Å². The number of hydrogen-bond acceptors (Lipinski definition) is 4. The van der Waals surface area contributed by atoms with E-state index in [4.69, 9.17) is 15.3 Å². The van der Waals surface area contributed by atoms with Crippen molar-refractivity contribution in [2.24, 2.45) is 0 Å². The Kier molecular flexibility index (Phi) is 7.21. The molecule has 2 aromatic heterocycles. The van der Waals surface area contributed by atoms with E-state index in [1.54, 1.807) is 0 Å². The first-order valence-corrected chi connectivity index (χ1v) is 15.1. The Bertz CT molecular complexity index is 1770. The lowest BCUT2D eigenvalue weighted by Crippen LogP contribution is -2.49. The maximum absolute atomic E-state index is 5.17. The van der Waals surface area contributed by atoms with E-state index >= 15 is 0 Å². The molecule has 0 spiro atoms. The summed E-state index contributed by atoms with van der Waals surface area (Å²) in [6.07, 6.45) is 8.33. The van der Waals surface area contributed by atoms with Gasteiger partial charge in [-0.1, -0.05) is 53.1 Å². The second-order valence-corrected chi connectivity index (χ2v) is 12.5. The summed E-state index contributed by atoms with van der Waals surface area (Å²) in [4.78, 5) is 2.05. The zero-order valence-corrected chi connectivity index (χ0v) is 26.8. The third-order valence-electron chi connectivity index (χ3n) is 8.59. The van der Waals surface area contributed by atoms with E-state index in [9.17, 15) is 0 Å². The van der Waals surface area contributed by atoms with Crippen LogP contribution in [-0.4, -0.2) is 37.1 Å². The quantitative estimate of drug-likeness (QED) is 0.211. The number of benzene rings is 3. The third-order valence-corrected chi connectivity index (χ3v) is 8.59. The first-order valence-electron chi connectivity index (χ1n) is 15.1. The zero-order chi connectivity index (χ0) is 30.6. The molecule has 3 aromatic carbocycles. The topological polar surface area (TPSA) is 53.0 Å². The predicted octanol–water partition coefficient (Wildman–Crippen LogP) is 6.87. The number of aromatic nitrogens is 4. The summed E-state index contributed by atoms with van der Waals surface area (Å²) >= 11 is 0. The maximum Gasteiger partial charge on any atom is 0.374 e. The van der Waals surface area contributed by atoms with Crippen LogP contribution in [0.2, 0.25) is 0 Å². The fraction of sp³-hybridized carbons (Fsp3) is 0.250. The SMILES string of the molecule is Cc1cc(C)c(C2=[N+]N([BH-](n3ccc(-c4c(C)cc(C)cc4C)n3)n3ccc(-c4c(C)cc(C)cc4C)n3)C=C2)c(C)c1. The second kappa shape index (κ2) is 10.9. The first-order chi connectivity index (χ1) is 20.5. The molecule has 0 amide bonds.